The van der Waals surface area contributed by atoms with Crippen LogP contribution >= 0.6 is 11.6 Å². The van der Waals surface area contributed by atoms with E-state index in [2.05, 4.69) is 41.4 Å². The lowest BCUT2D eigenvalue weighted by molar-refractivity contribution is -0.212. The Balaban J connectivity index is 1.64. The molecule has 1 aromatic carbocycles. The number of hydrogen-bond donors (Lipinski definition) is 2. The predicted octanol–water partition coefficient (Wildman–Crippen LogP) is 2.92. The van der Waals surface area contributed by atoms with E-state index in [1.165, 1.54) is 30.1 Å². The number of rotatable bonds is 9. The fraction of sp³-hybridized carbons (Fsp3) is 0.583. The summed E-state index contributed by atoms with van der Waals surface area (Å²) in [6.45, 7) is 5.82. The van der Waals surface area contributed by atoms with Crippen LogP contribution in [-0.2, 0) is 21.4 Å². The molecule has 0 bridgehead atoms. The summed E-state index contributed by atoms with van der Waals surface area (Å²) in [5.74, 6) is -2.35. The first kappa shape index (κ1) is 27.5. The molecule has 4 rings (SSSR count). The third-order valence-electron chi connectivity index (χ3n) is 7.39. The highest BCUT2D eigenvalue weighted by molar-refractivity contribution is 6.30. The molecule has 1 fully saturated rings. The second-order valence-electron chi connectivity index (χ2n) is 9.45. The van der Waals surface area contributed by atoms with E-state index in [-0.39, 0.29) is 21.8 Å². The summed E-state index contributed by atoms with van der Waals surface area (Å²) in [6.07, 6.45) is 1.73. The van der Waals surface area contributed by atoms with Gasteiger partial charge in [-0.05, 0) is 31.9 Å². The van der Waals surface area contributed by atoms with E-state index >= 15 is 0 Å². The molecule has 13 heteroatoms. The Morgan fingerprint density at radius 2 is 1.84 bits per heavy atom. The number of aromatic nitrogens is 6. The summed E-state index contributed by atoms with van der Waals surface area (Å²) in [4.78, 5) is 0. The smallest absolute Gasteiger partial charge is 0.178 e. The quantitative estimate of drug-likeness (QED) is 0.397. The lowest BCUT2D eigenvalue weighted by atomic mass is 9.90. The van der Waals surface area contributed by atoms with Crippen molar-refractivity contribution in [1.29, 1.82) is 0 Å². The molecule has 37 heavy (non-hydrogen) atoms. The fourth-order valence-electron chi connectivity index (χ4n) is 4.64. The Bertz CT molecular complexity index is 1220. The molecule has 3 aromatic rings. The van der Waals surface area contributed by atoms with Gasteiger partial charge in [-0.1, -0.05) is 35.9 Å². The summed E-state index contributed by atoms with van der Waals surface area (Å²) in [5, 5.41) is 37.2. The minimum absolute atomic E-state index is 0.0417. The molecule has 2 aromatic heterocycles. The lowest BCUT2D eigenvalue weighted by Gasteiger charge is -2.43. The zero-order chi connectivity index (χ0) is 26.9. The Hall–Kier alpha value is -2.51. The van der Waals surface area contributed by atoms with E-state index in [1.807, 2.05) is 10.9 Å². The van der Waals surface area contributed by atoms with E-state index in [0.29, 0.717) is 12.1 Å². The van der Waals surface area contributed by atoms with Gasteiger partial charge in [0.05, 0.1) is 35.2 Å². The molecule has 202 valence electrons. The summed E-state index contributed by atoms with van der Waals surface area (Å²) in [6, 6.07) is 1.67. The van der Waals surface area contributed by atoms with E-state index in [0.717, 1.165) is 12.8 Å². The van der Waals surface area contributed by atoms with Gasteiger partial charge in [-0.2, -0.15) is 0 Å². The normalized spacial score (nSPS) is 24.5. The number of halogens is 3. The van der Waals surface area contributed by atoms with Gasteiger partial charge in [0.25, 0.3) is 0 Å². The van der Waals surface area contributed by atoms with Crippen molar-refractivity contribution in [3.8, 4) is 11.3 Å². The van der Waals surface area contributed by atoms with Crippen LogP contribution in [-0.4, -0.2) is 78.3 Å². The van der Waals surface area contributed by atoms with E-state index in [9.17, 15) is 19.0 Å². The van der Waals surface area contributed by atoms with Gasteiger partial charge in [-0.15, -0.1) is 10.2 Å². The van der Waals surface area contributed by atoms with Gasteiger partial charge in [0.2, 0.25) is 0 Å². The molecule has 1 saturated heterocycles. The molecule has 0 unspecified atom stereocenters. The van der Waals surface area contributed by atoms with Crippen molar-refractivity contribution in [2.45, 2.75) is 76.0 Å². The Morgan fingerprint density at radius 3 is 2.49 bits per heavy atom. The minimum atomic E-state index is -1.23. The van der Waals surface area contributed by atoms with Crippen LogP contribution in [0.1, 0.15) is 45.3 Å². The summed E-state index contributed by atoms with van der Waals surface area (Å²) >= 11 is 5.66. The van der Waals surface area contributed by atoms with Crippen LogP contribution < -0.4 is 0 Å². The fourth-order valence-corrected chi connectivity index (χ4v) is 4.78. The molecule has 0 saturated carbocycles. The van der Waals surface area contributed by atoms with Crippen LogP contribution in [0, 0.1) is 11.6 Å². The molecule has 10 nitrogen and oxygen atoms in total. The van der Waals surface area contributed by atoms with E-state index in [4.69, 9.17) is 21.1 Å². The second-order valence-corrected chi connectivity index (χ2v) is 9.85. The molecule has 3 heterocycles. The highest BCUT2D eigenvalue weighted by Crippen LogP contribution is 2.35. The van der Waals surface area contributed by atoms with Gasteiger partial charge in [0.15, 0.2) is 11.6 Å². The molecule has 0 spiro atoms. The number of methoxy groups -OCH3 is 1. The van der Waals surface area contributed by atoms with Crippen LogP contribution in [0.3, 0.4) is 0 Å². The Kier molecular flexibility index (Phi) is 8.24. The molecular formula is C24H31ClF2N6O4. The highest BCUT2D eigenvalue weighted by Gasteiger charge is 2.47. The van der Waals surface area contributed by atoms with Crippen LogP contribution in [0.4, 0.5) is 8.78 Å². The standard InChI is InChI=1S/C24H31ClF2N6O4/c1-5-24(3,6-2)33-10-13(28-31-33)9-17-23(36-4)21(22(35)18(12-34)37-17)32-11-16(29-30-32)14-7-8-15(25)20(27)19(14)26/h7-8,10-11,17-18,21-23,34-35H,5-6,9,12H2,1-4H3/t17-,18-,21+,22+,23+/m1/s1. The molecule has 0 amide bonds. The molecule has 0 radical (unpaired) electrons. The first-order valence-corrected chi connectivity index (χ1v) is 12.5. The van der Waals surface area contributed by atoms with Gasteiger partial charge in [0.1, 0.15) is 30.0 Å². The maximum Gasteiger partial charge on any atom is 0.178 e. The number of aliphatic hydroxyl groups excluding tert-OH is 2. The molecular weight excluding hydrogens is 510 g/mol. The van der Waals surface area contributed by atoms with Crippen molar-refractivity contribution < 1.29 is 28.5 Å². The summed E-state index contributed by atoms with van der Waals surface area (Å²) in [5.41, 5.74) is 0.384. The number of hydrogen-bond acceptors (Lipinski definition) is 8. The lowest BCUT2D eigenvalue weighted by Crippen LogP contribution is -2.57. The number of nitrogens with zero attached hydrogens (tertiary/aromatic N) is 6. The molecule has 0 aliphatic carbocycles. The van der Waals surface area contributed by atoms with Gasteiger partial charge >= 0.3 is 0 Å². The van der Waals surface area contributed by atoms with Gasteiger partial charge < -0.3 is 19.7 Å². The first-order chi connectivity index (χ1) is 17.7. The molecule has 5 atom stereocenters. The predicted molar refractivity (Wildman–Crippen MR) is 130 cm³/mol. The average molecular weight is 541 g/mol. The van der Waals surface area contributed by atoms with Gasteiger partial charge in [-0.3, -0.25) is 0 Å². The van der Waals surface area contributed by atoms with Crippen molar-refractivity contribution in [2.75, 3.05) is 13.7 Å². The van der Waals surface area contributed by atoms with Crippen molar-refractivity contribution in [1.82, 2.24) is 30.0 Å². The summed E-state index contributed by atoms with van der Waals surface area (Å²) in [7, 11) is 1.47. The molecule has 2 N–H and O–H groups in total. The Morgan fingerprint density at radius 1 is 1.11 bits per heavy atom. The maximum absolute atomic E-state index is 14.5. The minimum Gasteiger partial charge on any atom is -0.394 e. The topological polar surface area (TPSA) is 120 Å². The SMILES string of the molecule is CCC(C)(CC)n1cc(C[C@H]2O[C@H](CO)[C@H](O)[C@H](n3cc(-c4ccc(Cl)c(F)c4F)nn3)[C@H]2OC)nn1. The van der Waals surface area contributed by atoms with Crippen LogP contribution in [0.5, 0.6) is 0 Å². The van der Waals surface area contributed by atoms with E-state index in [1.54, 1.807) is 0 Å². The third-order valence-corrected chi connectivity index (χ3v) is 7.68. The van der Waals surface area contributed by atoms with Crippen LogP contribution in [0.15, 0.2) is 24.5 Å². The third kappa shape index (κ3) is 5.13. The maximum atomic E-state index is 14.5. The van der Waals surface area contributed by atoms with Crippen molar-refractivity contribution in [3.63, 3.8) is 0 Å². The largest absolute Gasteiger partial charge is 0.394 e. The van der Waals surface area contributed by atoms with Crippen molar-refractivity contribution in [2.24, 2.45) is 0 Å². The monoisotopic (exact) mass is 540 g/mol. The number of ether oxygens (including phenoxy) is 2. The van der Waals surface area contributed by atoms with Crippen LogP contribution in [0.2, 0.25) is 5.02 Å². The van der Waals surface area contributed by atoms with Gasteiger partial charge in [-0.25, -0.2) is 18.1 Å². The van der Waals surface area contributed by atoms with Crippen LogP contribution in [0.25, 0.3) is 11.3 Å². The highest BCUT2D eigenvalue weighted by atomic mass is 35.5. The zero-order valence-electron chi connectivity index (χ0n) is 21.1. The van der Waals surface area contributed by atoms with Crippen molar-refractivity contribution >= 4 is 11.6 Å². The summed E-state index contributed by atoms with van der Waals surface area (Å²) < 4.78 is 43.4. The van der Waals surface area contributed by atoms with E-state index < -0.39 is 48.7 Å². The number of benzene rings is 1. The van der Waals surface area contributed by atoms with Gasteiger partial charge in [0, 0.05) is 25.3 Å². The zero-order valence-corrected chi connectivity index (χ0v) is 21.8. The Labute approximate surface area is 218 Å². The molecule has 1 aliphatic rings. The first-order valence-electron chi connectivity index (χ1n) is 12.1. The average Bonchev–Trinajstić information content (AvgIpc) is 3.58. The molecule has 1 aliphatic heterocycles. The number of aliphatic hydroxyl groups is 2. The van der Waals surface area contributed by atoms with Crippen molar-refractivity contribution in [3.05, 3.63) is 46.9 Å². The second kappa shape index (κ2) is 11.1.